The summed E-state index contributed by atoms with van der Waals surface area (Å²) in [5.41, 5.74) is 3.88. The van der Waals surface area contributed by atoms with Crippen molar-refractivity contribution in [1.82, 2.24) is 24.1 Å². The molecule has 1 saturated carbocycles. The molecule has 33 heavy (non-hydrogen) atoms. The lowest BCUT2D eigenvalue weighted by atomic mass is 9.86. The van der Waals surface area contributed by atoms with Gasteiger partial charge in [-0.3, -0.25) is 13.8 Å². The van der Waals surface area contributed by atoms with E-state index in [1.165, 1.54) is 18.4 Å². The standard InChI is InChI=1S/C26H29N5OS/c1-26(2,3)19-13-11-18(12-14-19)24-28-29-25(31(24)21-8-4-5-9-21)33-17-20-16-23(32)30-15-7-6-10-22(30)27-20/h6-7,10-16,21H,4-5,8-9,17H2,1-3H3. The molecule has 0 unspecified atom stereocenters. The van der Waals surface area contributed by atoms with Crippen LogP contribution in [0.5, 0.6) is 0 Å². The van der Waals surface area contributed by atoms with Crippen LogP contribution in [-0.4, -0.2) is 24.1 Å². The van der Waals surface area contributed by atoms with Crippen LogP contribution in [-0.2, 0) is 11.2 Å². The predicted molar refractivity (Wildman–Crippen MR) is 133 cm³/mol. The third kappa shape index (κ3) is 4.47. The molecule has 7 heteroatoms. The van der Waals surface area contributed by atoms with E-state index in [2.05, 4.69) is 64.8 Å². The average Bonchev–Trinajstić information content (AvgIpc) is 3.47. The minimum atomic E-state index is -0.0620. The Morgan fingerprint density at radius 1 is 1.03 bits per heavy atom. The highest BCUT2D eigenvalue weighted by Crippen LogP contribution is 2.37. The summed E-state index contributed by atoms with van der Waals surface area (Å²) in [5.74, 6) is 1.51. The Labute approximate surface area is 198 Å². The van der Waals surface area contributed by atoms with Crippen LogP contribution in [0, 0.1) is 0 Å². The number of nitrogens with zero attached hydrogens (tertiary/aromatic N) is 5. The number of fused-ring (bicyclic) bond motifs is 1. The summed E-state index contributed by atoms with van der Waals surface area (Å²) in [5, 5.41) is 10.1. The molecular formula is C26H29N5OS. The highest BCUT2D eigenvalue weighted by Gasteiger charge is 2.25. The van der Waals surface area contributed by atoms with Crippen molar-refractivity contribution >= 4 is 17.4 Å². The zero-order chi connectivity index (χ0) is 23.0. The predicted octanol–water partition coefficient (Wildman–Crippen LogP) is 5.66. The fraction of sp³-hybridized carbons (Fsp3) is 0.385. The van der Waals surface area contributed by atoms with E-state index in [0.29, 0.717) is 17.4 Å². The maximum Gasteiger partial charge on any atom is 0.258 e. The quantitative estimate of drug-likeness (QED) is 0.360. The molecule has 1 aliphatic rings. The number of rotatable bonds is 5. The van der Waals surface area contributed by atoms with Gasteiger partial charge < -0.3 is 0 Å². The van der Waals surface area contributed by atoms with E-state index in [0.717, 1.165) is 35.1 Å². The highest BCUT2D eigenvalue weighted by molar-refractivity contribution is 7.98. The maximum atomic E-state index is 12.5. The largest absolute Gasteiger partial charge is 0.299 e. The molecule has 0 atom stereocenters. The van der Waals surface area contributed by atoms with Gasteiger partial charge in [-0.1, -0.05) is 75.7 Å². The van der Waals surface area contributed by atoms with Crippen LogP contribution in [0.2, 0.25) is 0 Å². The lowest BCUT2D eigenvalue weighted by Crippen LogP contribution is -2.15. The molecule has 0 aliphatic heterocycles. The minimum Gasteiger partial charge on any atom is -0.299 e. The number of hydrogen-bond acceptors (Lipinski definition) is 5. The SMILES string of the molecule is CC(C)(C)c1ccc(-c2nnc(SCc3cc(=O)n4ccccc4n3)n2C2CCCC2)cc1. The average molecular weight is 460 g/mol. The van der Waals surface area contributed by atoms with Crippen LogP contribution in [0.4, 0.5) is 0 Å². The molecule has 3 aromatic heterocycles. The topological polar surface area (TPSA) is 65.1 Å². The fourth-order valence-electron chi connectivity index (χ4n) is 4.50. The van der Waals surface area contributed by atoms with Crippen LogP contribution in [0.15, 0.2) is 64.7 Å². The van der Waals surface area contributed by atoms with Gasteiger partial charge in [0.25, 0.3) is 5.56 Å². The Morgan fingerprint density at radius 2 is 1.79 bits per heavy atom. The van der Waals surface area contributed by atoms with Crippen molar-refractivity contribution < 1.29 is 0 Å². The molecule has 0 spiro atoms. The Kier molecular flexibility index (Phi) is 5.83. The Bertz CT molecular complexity index is 1330. The smallest absolute Gasteiger partial charge is 0.258 e. The third-order valence-corrected chi connectivity index (χ3v) is 7.31. The first kappa shape index (κ1) is 21.9. The van der Waals surface area contributed by atoms with Crippen molar-refractivity contribution in [2.24, 2.45) is 0 Å². The van der Waals surface area contributed by atoms with Crippen molar-refractivity contribution in [3.8, 4) is 11.4 Å². The lowest BCUT2D eigenvalue weighted by Gasteiger charge is -2.20. The first-order valence-electron chi connectivity index (χ1n) is 11.6. The van der Waals surface area contributed by atoms with Crippen LogP contribution < -0.4 is 5.56 Å². The Morgan fingerprint density at radius 3 is 2.52 bits per heavy atom. The number of pyridine rings is 1. The molecule has 6 nitrogen and oxygen atoms in total. The number of thioether (sulfide) groups is 1. The van der Waals surface area contributed by atoms with E-state index in [-0.39, 0.29) is 11.0 Å². The summed E-state index contributed by atoms with van der Waals surface area (Å²) in [4.78, 5) is 17.1. The van der Waals surface area contributed by atoms with E-state index >= 15 is 0 Å². The molecule has 1 aromatic carbocycles. The summed E-state index contributed by atoms with van der Waals surface area (Å²) in [6, 6.07) is 16.3. The second-order valence-corrected chi connectivity index (χ2v) is 10.7. The van der Waals surface area contributed by atoms with Gasteiger partial charge in [0.05, 0.1) is 5.69 Å². The molecule has 0 amide bonds. The molecule has 3 heterocycles. The zero-order valence-corrected chi connectivity index (χ0v) is 20.2. The summed E-state index contributed by atoms with van der Waals surface area (Å²) in [7, 11) is 0. The monoisotopic (exact) mass is 459 g/mol. The normalized spacial score (nSPS) is 14.9. The summed E-state index contributed by atoms with van der Waals surface area (Å²) >= 11 is 1.61. The Hall–Kier alpha value is -2.93. The maximum absolute atomic E-state index is 12.5. The molecular weight excluding hydrogens is 430 g/mol. The van der Waals surface area contributed by atoms with Crippen LogP contribution in [0.25, 0.3) is 17.0 Å². The highest BCUT2D eigenvalue weighted by atomic mass is 32.2. The van der Waals surface area contributed by atoms with Gasteiger partial charge in [-0.05, 0) is 36.0 Å². The van der Waals surface area contributed by atoms with Crippen molar-refractivity contribution in [3.63, 3.8) is 0 Å². The van der Waals surface area contributed by atoms with Gasteiger partial charge in [-0.15, -0.1) is 10.2 Å². The van der Waals surface area contributed by atoms with Gasteiger partial charge in [-0.2, -0.15) is 0 Å². The number of hydrogen-bond donors (Lipinski definition) is 0. The van der Waals surface area contributed by atoms with E-state index in [4.69, 9.17) is 0 Å². The summed E-state index contributed by atoms with van der Waals surface area (Å²) in [6.07, 6.45) is 6.51. The third-order valence-electron chi connectivity index (χ3n) is 6.34. The van der Waals surface area contributed by atoms with Crippen LogP contribution in [0.3, 0.4) is 0 Å². The van der Waals surface area contributed by atoms with Gasteiger partial charge in [-0.25, -0.2) is 4.98 Å². The first-order chi connectivity index (χ1) is 15.9. The second-order valence-electron chi connectivity index (χ2n) is 9.75. The van der Waals surface area contributed by atoms with Gasteiger partial charge in [0.15, 0.2) is 11.0 Å². The van der Waals surface area contributed by atoms with E-state index in [9.17, 15) is 4.79 Å². The molecule has 0 saturated heterocycles. The number of benzene rings is 1. The molecule has 1 aliphatic carbocycles. The van der Waals surface area contributed by atoms with Crippen molar-refractivity contribution in [2.45, 2.75) is 68.8 Å². The van der Waals surface area contributed by atoms with E-state index in [1.807, 2.05) is 18.2 Å². The van der Waals surface area contributed by atoms with Crippen molar-refractivity contribution in [2.75, 3.05) is 0 Å². The van der Waals surface area contributed by atoms with E-state index < -0.39 is 0 Å². The van der Waals surface area contributed by atoms with Crippen molar-refractivity contribution in [1.29, 1.82) is 0 Å². The van der Waals surface area contributed by atoms with Crippen LogP contribution >= 0.6 is 11.8 Å². The van der Waals surface area contributed by atoms with Gasteiger partial charge in [0, 0.05) is 29.6 Å². The molecule has 0 bridgehead atoms. The molecule has 5 rings (SSSR count). The molecule has 1 fully saturated rings. The van der Waals surface area contributed by atoms with Gasteiger partial charge in [0.1, 0.15) is 5.65 Å². The van der Waals surface area contributed by atoms with Gasteiger partial charge in [0.2, 0.25) is 0 Å². The molecule has 0 N–H and O–H groups in total. The first-order valence-corrected chi connectivity index (χ1v) is 12.5. The lowest BCUT2D eigenvalue weighted by molar-refractivity contribution is 0.485. The van der Waals surface area contributed by atoms with Crippen molar-refractivity contribution in [3.05, 3.63) is 76.3 Å². The van der Waals surface area contributed by atoms with Gasteiger partial charge >= 0.3 is 0 Å². The van der Waals surface area contributed by atoms with Crippen LogP contribution in [0.1, 0.15) is 63.8 Å². The summed E-state index contributed by atoms with van der Waals surface area (Å²) < 4.78 is 3.88. The summed E-state index contributed by atoms with van der Waals surface area (Å²) in [6.45, 7) is 6.68. The number of aromatic nitrogens is 5. The molecule has 0 radical (unpaired) electrons. The molecule has 170 valence electrons. The molecule has 4 aromatic rings. The van der Waals surface area contributed by atoms with E-state index in [1.54, 1.807) is 28.4 Å². The fourth-order valence-corrected chi connectivity index (χ4v) is 5.40. The minimum absolute atomic E-state index is 0.0620. The second kappa shape index (κ2) is 8.78. The zero-order valence-electron chi connectivity index (χ0n) is 19.4. The Balaban J connectivity index is 1.46.